The summed E-state index contributed by atoms with van der Waals surface area (Å²) in [5.41, 5.74) is 0.937. The lowest BCUT2D eigenvalue weighted by atomic mass is 10.2. The molecular formula is C10H10BrClN2. The van der Waals surface area contributed by atoms with Crippen LogP contribution in [0.3, 0.4) is 0 Å². The fourth-order valence-electron chi connectivity index (χ4n) is 1.32. The van der Waals surface area contributed by atoms with Gasteiger partial charge in [-0.1, -0.05) is 11.6 Å². The first-order chi connectivity index (χ1) is 6.59. The van der Waals surface area contributed by atoms with E-state index in [1.807, 2.05) is 23.0 Å². The van der Waals surface area contributed by atoms with Crippen LogP contribution in [0, 0.1) is 0 Å². The fourth-order valence-corrected chi connectivity index (χ4v) is 1.87. The van der Waals surface area contributed by atoms with E-state index in [1.165, 1.54) is 0 Å². The van der Waals surface area contributed by atoms with Gasteiger partial charge in [-0.25, -0.2) is 0 Å². The van der Waals surface area contributed by atoms with Gasteiger partial charge in [0.1, 0.15) is 0 Å². The molecule has 1 aromatic heterocycles. The van der Waals surface area contributed by atoms with E-state index < -0.39 is 0 Å². The van der Waals surface area contributed by atoms with Gasteiger partial charge < -0.3 is 0 Å². The number of halogens is 2. The Kier molecular flexibility index (Phi) is 2.54. The number of nitrogens with zero attached hydrogens (tertiary/aromatic N) is 2. The Balaban J connectivity index is 2.71. The minimum Gasteiger partial charge on any atom is -0.269 e. The maximum absolute atomic E-state index is 6.14. The Labute approximate surface area is 96.0 Å². The van der Waals surface area contributed by atoms with Gasteiger partial charge in [-0.3, -0.25) is 4.68 Å². The molecule has 1 aromatic carbocycles. The average Bonchev–Trinajstić information content (AvgIpc) is 2.56. The highest BCUT2D eigenvalue weighted by molar-refractivity contribution is 9.10. The van der Waals surface area contributed by atoms with Gasteiger partial charge in [-0.15, -0.1) is 0 Å². The molecule has 0 N–H and O–H groups in total. The van der Waals surface area contributed by atoms with Gasteiger partial charge in [0.15, 0.2) is 0 Å². The van der Waals surface area contributed by atoms with E-state index in [4.69, 9.17) is 11.6 Å². The summed E-state index contributed by atoms with van der Waals surface area (Å²) in [6.45, 7) is 4.18. The zero-order valence-corrected chi connectivity index (χ0v) is 10.3. The molecule has 0 radical (unpaired) electrons. The number of benzene rings is 1. The van der Waals surface area contributed by atoms with Gasteiger partial charge in [0, 0.05) is 22.1 Å². The summed E-state index contributed by atoms with van der Waals surface area (Å²) in [7, 11) is 0. The van der Waals surface area contributed by atoms with Crippen molar-refractivity contribution in [2.45, 2.75) is 19.9 Å². The molecule has 2 rings (SSSR count). The smallest absolute Gasteiger partial charge is 0.0939 e. The van der Waals surface area contributed by atoms with Gasteiger partial charge in [0.2, 0.25) is 0 Å². The van der Waals surface area contributed by atoms with E-state index in [-0.39, 0.29) is 0 Å². The van der Waals surface area contributed by atoms with Crippen LogP contribution < -0.4 is 0 Å². The van der Waals surface area contributed by atoms with Crippen LogP contribution in [-0.4, -0.2) is 9.78 Å². The first kappa shape index (κ1) is 9.99. The molecule has 0 fully saturated rings. The Hall–Kier alpha value is -0.540. The predicted octanol–water partition coefficient (Wildman–Crippen LogP) is 4.03. The lowest BCUT2D eigenvalue weighted by Gasteiger charge is -2.02. The van der Waals surface area contributed by atoms with Gasteiger partial charge in [0.25, 0.3) is 0 Å². The van der Waals surface area contributed by atoms with E-state index in [9.17, 15) is 0 Å². The number of rotatable bonds is 1. The summed E-state index contributed by atoms with van der Waals surface area (Å²) in [5.74, 6) is 0. The van der Waals surface area contributed by atoms with Crippen molar-refractivity contribution in [1.29, 1.82) is 0 Å². The van der Waals surface area contributed by atoms with Crippen molar-refractivity contribution in [2.24, 2.45) is 0 Å². The molecule has 74 valence electrons. The standard InChI is InChI=1S/C10H10BrClN2/c1-6(2)14-5-7-9(13-14)4-3-8(11)10(7)12/h3-6H,1-2H3. The van der Waals surface area contributed by atoms with Crippen molar-refractivity contribution >= 4 is 38.4 Å². The molecule has 0 aliphatic rings. The number of fused-ring (bicyclic) bond motifs is 1. The van der Waals surface area contributed by atoms with Crippen molar-refractivity contribution in [1.82, 2.24) is 9.78 Å². The lowest BCUT2D eigenvalue weighted by Crippen LogP contribution is -1.99. The highest BCUT2D eigenvalue weighted by atomic mass is 79.9. The van der Waals surface area contributed by atoms with Crippen LogP contribution >= 0.6 is 27.5 Å². The molecular weight excluding hydrogens is 263 g/mol. The average molecular weight is 274 g/mol. The second-order valence-electron chi connectivity index (χ2n) is 3.50. The van der Waals surface area contributed by atoms with Crippen molar-refractivity contribution in [3.63, 3.8) is 0 Å². The van der Waals surface area contributed by atoms with Gasteiger partial charge in [-0.05, 0) is 41.9 Å². The molecule has 2 aromatic rings. The minimum atomic E-state index is 0.359. The molecule has 0 amide bonds. The zero-order chi connectivity index (χ0) is 10.3. The van der Waals surface area contributed by atoms with E-state index in [1.54, 1.807) is 0 Å². The number of aromatic nitrogens is 2. The largest absolute Gasteiger partial charge is 0.269 e. The SMILES string of the molecule is CC(C)n1cc2c(Cl)c(Br)ccc2n1. The molecule has 2 nitrogen and oxygen atoms in total. The Bertz CT molecular complexity index is 476. The van der Waals surface area contributed by atoms with Crippen LogP contribution in [-0.2, 0) is 0 Å². The number of hydrogen-bond acceptors (Lipinski definition) is 1. The third-order valence-corrected chi connectivity index (χ3v) is 3.42. The molecule has 1 heterocycles. The minimum absolute atomic E-state index is 0.359. The summed E-state index contributed by atoms with van der Waals surface area (Å²) >= 11 is 9.54. The third-order valence-electron chi connectivity index (χ3n) is 2.12. The van der Waals surface area contributed by atoms with Crippen molar-refractivity contribution in [2.75, 3.05) is 0 Å². The monoisotopic (exact) mass is 272 g/mol. The predicted molar refractivity (Wildman–Crippen MR) is 62.8 cm³/mol. The summed E-state index contributed by atoms with van der Waals surface area (Å²) < 4.78 is 2.83. The van der Waals surface area contributed by atoms with Gasteiger partial charge >= 0.3 is 0 Å². The normalized spacial score (nSPS) is 11.5. The zero-order valence-electron chi connectivity index (χ0n) is 7.96. The van der Waals surface area contributed by atoms with E-state index in [2.05, 4.69) is 34.9 Å². The second-order valence-corrected chi connectivity index (χ2v) is 4.73. The van der Waals surface area contributed by atoms with Crippen LogP contribution in [0.5, 0.6) is 0 Å². The van der Waals surface area contributed by atoms with Crippen LogP contribution in [0.2, 0.25) is 5.02 Å². The third kappa shape index (κ3) is 1.55. The van der Waals surface area contributed by atoms with Crippen molar-refractivity contribution in [3.05, 3.63) is 27.8 Å². The van der Waals surface area contributed by atoms with Crippen LogP contribution in [0.15, 0.2) is 22.8 Å². The van der Waals surface area contributed by atoms with Crippen LogP contribution in [0.25, 0.3) is 10.9 Å². The van der Waals surface area contributed by atoms with Crippen LogP contribution in [0.4, 0.5) is 0 Å². The lowest BCUT2D eigenvalue weighted by molar-refractivity contribution is 0.537. The van der Waals surface area contributed by atoms with Gasteiger partial charge in [0.05, 0.1) is 10.5 Å². The molecule has 0 unspecified atom stereocenters. The molecule has 0 saturated carbocycles. The highest BCUT2D eigenvalue weighted by Crippen LogP contribution is 2.30. The summed E-state index contributed by atoms with van der Waals surface area (Å²) in [6.07, 6.45) is 1.98. The molecule has 0 aliphatic heterocycles. The maximum atomic E-state index is 6.14. The highest BCUT2D eigenvalue weighted by Gasteiger charge is 2.08. The summed E-state index contributed by atoms with van der Waals surface area (Å²) in [5, 5.41) is 6.15. The Morgan fingerprint density at radius 1 is 1.43 bits per heavy atom. The molecule has 0 atom stereocenters. The molecule has 4 heteroatoms. The first-order valence-corrected chi connectivity index (χ1v) is 5.59. The molecule has 0 aliphatic carbocycles. The summed E-state index contributed by atoms with van der Waals surface area (Å²) in [6, 6.07) is 4.24. The maximum Gasteiger partial charge on any atom is 0.0939 e. The number of hydrogen-bond donors (Lipinski definition) is 0. The molecule has 0 spiro atoms. The van der Waals surface area contributed by atoms with Crippen LogP contribution in [0.1, 0.15) is 19.9 Å². The Morgan fingerprint density at radius 2 is 2.14 bits per heavy atom. The molecule has 0 bridgehead atoms. The fraction of sp³-hybridized carbons (Fsp3) is 0.300. The quantitative estimate of drug-likeness (QED) is 0.767. The topological polar surface area (TPSA) is 17.8 Å². The molecule has 14 heavy (non-hydrogen) atoms. The molecule has 0 saturated heterocycles. The van der Waals surface area contributed by atoms with Crippen molar-refractivity contribution in [3.8, 4) is 0 Å². The van der Waals surface area contributed by atoms with Gasteiger partial charge in [-0.2, -0.15) is 5.10 Å². The second kappa shape index (κ2) is 3.55. The first-order valence-electron chi connectivity index (χ1n) is 4.42. The van der Waals surface area contributed by atoms with Crippen molar-refractivity contribution < 1.29 is 0 Å². The van der Waals surface area contributed by atoms with E-state index in [0.717, 1.165) is 20.4 Å². The summed E-state index contributed by atoms with van der Waals surface area (Å²) in [4.78, 5) is 0. The van der Waals surface area contributed by atoms with E-state index >= 15 is 0 Å². The Morgan fingerprint density at radius 3 is 2.79 bits per heavy atom. The van der Waals surface area contributed by atoms with E-state index in [0.29, 0.717) is 6.04 Å².